The van der Waals surface area contributed by atoms with E-state index in [1.807, 2.05) is 0 Å². The minimum Gasteiger partial charge on any atom is -0.462 e. The minimum absolute atomic E-state index is 0.0788. The molecule has 0 saturated heterocycles. The molecule has 0 aromatic rings. The van der Waals surface area contributed by atoms with Crippen LogP contribution in [0.2, 0.25) is 0 Å². The molecule has 0 heterocycles. The molecule has 0 saturated carbocycles. The molecule has 0 amide bonds. The van der Waals surface area contributed by atoms with Gasteiger partial charge in [0.25, 0.3) is 0 Å². The third-order valence-corrected chi connectivity index (χ3v) is 14.2. The Hall–Kier alpha value is -3.15. The number of esters is 3. The van der Waals surface area contributed by atoms with E-state index in [0.717, 1.165) is 96.3 Å². The minimum atomic E-state index is -0.780. The molecule has 1 atom stereocenters. The van der Waals surface area contributed by atoms with Gasteiger partial charge in [0.15, 0.2) is 6.10 Å². The van der Waals surface area contributed by atoms with E-state index >= 15 is 0 Å². The summed E-state index contributed by atoms with van der Waals surface area (Å²) >= 11 is 0. The van der Waals surface area contributed by atoms with Crippen LogP contribution in [0.5, 0.6) is 0 Å². The van der Waals surface area contributed by atoms with Gasteiger partial charge in [0.2, 0.25) is 0 Å². The molecule has 0 aliphatic rings. The van der Waals surface area contributed by atoms with Crippen molar-refractivity contribution < 1.29 is 28.6 Å². The topological polar surface area (TPSA) is 78.9 Å². The highest BCUT2D eigenvalue weighted by atomic mass is 16.6. The lowest BCUT2D eigenvalue weighted by Crippen LogP contribution is -2.30. The van der Waals surface area contributed by atoms with Crippen LogP contribution in [-0.4, -0.2) is 37.2 Å². The number of carbonyl (C=O) groups excluding carboxylic acids is 3. The maximum Gasteiger partial charge on any atom is 0.306 e. The Bertz CT molecular complexity index is 1390. The van der Waals surface area contributed by atoms with E-state index in [0.29, 0.717) is 19.3 Å². The first-order valence-electron chi connectivity index (χ1n) is 32.4. The molecule has 0 aromatic carbocycles. The van der Waals surface area contributed by atoms with Crippen molar-refractivity contribution in [1.82, 2.24) is 0 Å². The molecule has 434 valence electrons. The second kappa shape index (κ2) is 63.4. The van der Waals surface area contributed by atoms with Gasteiger partial charge in [-0.2, -0.15) is 0 Å². The second-order valence-corrected chi connectivity index (χ2v) is 21.7. The van der Waals surface area contributed by atoms with Gasteiger partial charge < -0.3 is 14.2 Å². The lowest BCUT2D eigenvalue weighted by molar-refractivity contribution is -0.167. The van der Waals surface area contributed by atoms with E-state index in [1.54, 1.807) is 0 Å². The summed E-state index contributed by atoms with van der Waals surface area (Å²) in [4.78, 5) is 38.1. The molecule has 0 aromatic heterocycles. The zero-order valence-corrected chi connectivity index (χ0v) is 49.8. The average molecular weight is 1050 g/mol. The largest absolute Gasteiger partial charge is 0.462 e. The van der Waals surface area contributed by atoms with Gasteiger partial charge in [0.05, 0.1) is 0 Å². The Labute approximate surface area is 465 Å². The third-order valence-electron chi connectivity index (χ3n) is 14.2. The summed E-state index contributed by atoms with van der Waals surface area (Å²) in [6.07, 6.45) is 82.2. The fraction of sp³-hybridized carbons (Fsp3) is 0.783. The van der Waals surface area contributed by atoms with Crippen LogP contribution in [0, 0.1) is 0 Å². The highest BCUT2D eigenvalue weighted by molar-refractivity contribution is 5.71. The van der Waals surface area contributed by atoms with Crippen molar-refractivity contribution >= 4 is 17.9 Å². The molecule has 6 heteroatoms. The van der Waals surface area contributed by atoms with Gasteiger partial charge in [-0.1, -0.05) is 286 Å². The van der Waals surface area contributed by atoms with Crippen LogP contribution in [0.25, 0.3) is 0 Å². The van der Waals surface area contributed by atoms with E-state index in [2.05, 4.69) is 93.7 Å². The maximum atomic E-state index is 12.9. The standard InChI is InChI=1S/C69H122O6/c1-4-7-10-13-16-18-20-22-24-26-28-30-31-32-33-34-35-36-37-39-40-42-44-46-48-50-53-56-59-62-68(71)74-65-66(64-73-67(70)61-58-55-52-15-12-9-6-3)75-69(72)63-60-57-54-51-49-47-45-43-41-38-29-27-25-23-21-19-17-14-11-8-5-2/h20-23,26-29,31-32,41,43,66H,4-19,24-25,30,33-40,42,44-65H2,1-3H3/b22-20-,23-21-,28-26-,29-27-,32-31-,43-41-. The van der Waals surface area contributed by atoms with E-state index in [1.165, 1.54) is 193 Å². The van der Waals surface area contributed by atoms with E-state index < -0.39 is 6.10 Å². The van der Waals surface area contributed by atoms with Gasteiger partial charge in [0, 0.05) is 19.3 Å². The number of ether oxygens (including phenoxy) is 3. The predicted molar refractivity (Wildman–Crippen MR) is 325 cm³/mol. The zero-order chi connectivity index (χ0) is 54.3. The first kappa shape index (κ1) is 71.8. The van der Waals surface area contributed by atoms with E-state index in [4.69, 9.17) is 14.2 Å². The van der Waals surface area contributed by atoms with Crippen LogP contribution in [0.15, 0.2) is 72.9 Å². The molecule has 0 aliphatic carbocycles. The molecule has 0 fully saturated rings. The Balaban J connectivity index is 4.12. The number of unbranched alkanes of at least 4 members (excludes halogenated alkanes) is 36. The SMILES string of the molecule is CCCCCCC/C=C\C/C=C\C/C=C\CCCCCCCCCCCCCCCCC(=O)OCC(COC(=O)CCCCCCCCC)OC(=O)CCCCCCCC/C=C\C/C=C\C/C=C\CCCCCCC. The monoisotopic (exact) mass is 1050 g/mol. The fourth-order valence-corrected chi connectivity index (χ4v) is 9.28. The molecule has 0 aliphatic heterocycles. The van der Waals surface area contributed by atoms with Crippen molar-refractivity contribution in [2.45, 2.75) is 335 Å². The number of allylic oxidation sites excluding steroid dienone is 12. The van der Waals surface area contributed by atoms with Crippen LogP contribution in [0.1, 0.15) is 329 Å². The molecule has 1 unspecified atom stereocenters. The summed E-state index contributed by atoms with van der Waals surface area (Å²) in [6.45, 7) is 6.59. The molecule has 0 radical (unpaired) electrons. The maximum absolute atomic E-state index is 12.9. The summed E-state index contributed by atoms with van der Waals surface area (Å²) in [5.74, 6) is -0.886. The molecule has 6 nitrogen and oxygen atoms in total. The zero-order valence-electron chi connectivity index (χ0n) is 49.8. The third kappa shape index (κ3) is 61.6. The number of hydrogen-bond donors (Lipinski definition) is 0. The van der Waals surface area contributed by atoms with Crippen LogP contribution >= 0.6 is 0 Å². The smallest absolute Gasteiger partial charge is 0.306 e. The average Bonchev–Trinajstić information content (AvgIpc) is 3.41. The van der Waals surface area contributed by atoms with Crippen molar-refractivity contribution in [1.29, 1.82) is 0 Å². The molecule has 0 N–H and O–H groups in total. The second-order valence-electron chi connectivity index (χ2n) is 21.7. The lowest BCUT2D eigenvalue weighted by atomic mass is 10.0. The van der Waals surface area contributed by atoms with Crippen LogP contribution in [-0.2, 0) is 28.6 Å². The Kier molecular flexibility index (Phi) is 60.7. The highest BCUT2D eigenvalue weighted by Crippen LogP contribution is 2.16. The molecule has 75 heavy (non-hydrogen) atoms. The lowest BCUT2D eigenvalue weighted by Gasteiger charge is -2.18. The molecular weight excluding hydrogens is 925 g/mol. The van der Waals surface area contributed by atoms with Gasteiger partial charge in [-0.25, -0.2) is 0 Å². The van der Waals surface area contributed by atoms with Crippen molar-refractivity contribution in [2.75, 3.05) is 13.2 Å². The van der Waals surface area contributed by atoms with Crippen LogP contribution in [0.4, 0.5) is 0 Å². The van der Waals surface area contributed by atoms with Crippen LogP contribution in [0.3, 0.4) is 0 Å². The normalized spacial score (nSPS) is 12.5. The molecular formula is C69H122O6. The Morgan fingerprint density at radius 1 is 0.267 bits per heavy atom. The van der Waals surface area contributed by atoms with Gasteiger partial charge in [0.1, 0.15) is 13.2 Å². The quantitative estimate of drug-likeness (QED) is 0.0261. The van der Waals surface area contributed by atoms with Crippen LogP contribution < -0.4 is 0 Å². The summed E-state index contributed by atoms with van der Waals surface area (Å²) in [6, 6.07) is 0. The van der Waals surface area contributed by atoms with Gasteiger partial charge >= 0.3 is 17.9 Å². The van der Waals surface area contributed by atoms with Gasteiger partial charge in [-0.3, -0.25) is 14.4 Å². The van der Waals surface area contributed by atoms with Crippen molar-refractivity contribution in [2.24, 2.45) is 0 Å². The Morgan fingerprint density at radius 2 is 0.480 bits per heavy atom. The molecule has 0 spiro atoms. The summed E-state index contributed by atoms with van der Waals surface area (Å²) in [7, 11) is 0. The number of rotatable bonds is 59. The summed E-state index contributed by atoms with van der Waals surface area (Å²) in [5, 5.41) is 0. The number of hydrogen-bond acceptors (Lipinski definition) is 6. The van der Waals surface area contributed by atoms with Crippen molar-refractivity contribution in [3.05, 3.63) is 72.9 Å². The first-order chi connectivity index (χ1) is 37.0. The van der Waals surface area contributed by atoms with Gasteiger partial charge in [-0.15, -0.1) is 0 Å². The highest BCUT2D eigenvalue weighted by Gasteiger charge is 2.19. The molecule has 0 rings (SSSR count). The first-order valence-corrected chi connectivity index (χ1v) is 32.4. The van der Waals surface area contributed by atoms with Crippen molar-refractivity contribution in [3.8, 4) is 0 Å². The van der Waals surface area contributed by atoms with Crippen molar-refractivity contribution in [3.63, 3.8) is 0 Å². The van der Waals surface area contributed by atoms with E-state index in [-0.39, 0.29) is 31.1 Å². The molecule has 0 bridgehead atoms. The fourth-order valence-electron chi connectivity index (χ4n) is 9.28. The number of carbonyl (C=O) groups is 3. The summed E-state index contributed by atoms with van der Waals surface area (Å²) in [5.41, 5.74) is 0. The van der Waals surface area contributed by atoms with E-state index in [9.17, 15) is 14.4 Å². The van der Waals surface area contributed by atoms with Gasteiger partial charge in [-0.05, 0) is 96.3 Å². The summed E-state index contributed by atoms with van der Waals surface area (Å²) < 4.78 is 16.8. The Morgan fingerprint density at radius 3 is 0.747 bits per heavy atom. The predicted octanol–water partition coefficient (Wildman–Crippen LogP) is 22.1.